The molecule has 1 heterocycles. The third kappa shape index (κ3) is 8.49. The molecule has 8 heteroatoms. The number of benzene rings is 1. The first kappa shape index (κ1) is 25.6. The van der Waals surface area contributed by atoms with Crippen molar-refractivity contribution in [3.63, 3.8) is 0 Å². The summed E-state index contributed by atoms with van der Waals surface area (Å²) in [4.78, 5) is 9.02. The van der Waals surface area contributed by atoms with Crippen molar-refractivity contribution in [3.8, 4) is 5.75 Å². The fourth-order valence-electron chi connectivity index (χ4n) is 3.24. The lowest BCUT2D eigenvalue weighted by molar-refractivity contribution is -0.138. The number of allylic oxidation sites excluding steroid dienone is 3. The summed E-state index contributed by atoms with van der Waals surface area (Å²) in [5, 5.41) is 7.13. The summed E-state index contributed by atoms with van der Waals surface area (Å²) >= 11 is 0. The van der Waals surface area contributed by atoms with Crippen LogP contribution < -0.4 is 10.1 Å². The maximum atomic E-state index is 13.7. The Balaban J connectivity index is 2.09. The average Bonchev–Trinajstić information content (AvgIpc) is 3.24. The zero-order valence-electron chi connectivity index (χ0n) is 19.0. The summed E-state index contributed by atoms with van der Waals surface area (Å²) in [7, 11) is 0. The summed E-state index contributed by atoms with van der Waals surface area (Å²) in [6.07, 6.45) is 3.10. The Labute approximate surface area is 188 Å². The number of rotatable bonds is 10. The van der Waals surface area contributed by atoms with Crippen molar-refractivity contribution in [1.29, 1.82) is 0 Å². The second-order valence-electron chi connectivity index (χ2n) is 8.05. The minimum absolute atomic E-state index is 0.00457. The predicted molar refractivity (Wildman–Crippen MR) is 122 cm³/mol. The van der Waals surface area contributed by atoms with E-state index in [2.05, 4.69) is 28.3 Å². The molecule has 1 saturated heterocycles. The van der Waals surface area contributed by atoms with Gasteiger partial charge >= 0.3 is 6.18 Å². The Bertz CT molecular complexity index is 851. The summed E-state index contributed by atoms with van der Waals surface area (Å²) in [5.74, 6) is -0.246. The van der Waals surface area contributed by atoms with E-state index in [1.165, 1.54) is 17.7 Å². The lowest BCUT2D eigenvalue weighted by atomic mass is 10.1. The number of oxime groups is 1. The van der Waals surface area contributed by atoms with Gasteiger partial charge < -0.3 is 14.9 Å². The number of amidine groups is 1. The number of nitrogens with one attached hydrogen (secondary N) is 1. The number of alkyl halides is 3. The van der Waals surface area contributed by atoms with Gasteiger partial charge in [-0.15, -0.1) is 0 Å². The molecule has 5 nitrogen and oxygen atoms in total. The highest BCUT2D eigenvalue weighted by atomic mass is 19.4. The van der Waals surface area contributed by atoms with Crippen molar-refractivity contribution >= 4 is 12.6 Å². The minimum atomic E-state index is -4.59. The van der Waals surface area contributed by atoms with Crippen molar-refractivity contribution in [3.05, 3.63) is 52.6 Å². The molecule has 1 aromatic carbocycles. The fourth-order valence-corrected chi connectivity index (χ4v) is 3.24. The Kier molecular flexibility index (Phi) is 9.97. The van der Waals surface area contributed by atoms with Crippen molar-refractivity contribution in [2.75, 3.05) is 19.8 Å². The zero-order chi connectivity index (χ0) is 23.6. The van der Waals surface area contributed by atoms with Gasteiger partial charge in [0.05, 0.1) is 5.56 Å². The monoisotopic (exact) mass is 451 g/mol. The minimum Gasteiger partial charge on any atom is -0.489 e. The molecule has 0 bridgehead atoms. The second-order valence-corrected chi connectivity index (χ2v) is 8.05. The number of aliphatic imine (C=N–C) groups is 1. The predicted octanol–water partition coefficient (Wildman–Crippen LogP) is 5.91. The molecule has 176 valence electrons. The van der Waals surface area contributed by atoms with Crippen molar-refractivity contribution in [2.45, 2.75) is 58.7 Å². The van der Waals surface area contributed by atoms with Gasteiger partial charge in [-0.25, -0.2) is 4.99 Å². The molecule has 1 unspecified atom stereocenters. The maximum absolute atomic E-state index is 13.7. The van der Waals surface area contributed by atoms with Crippen LogP contribution in [0.2, 0.25) is 0 Å². The van der Waals surface area contributed by atoms with Crippen LogP contribution in [0.3, 0.4) is 0 Å². The third-order valence-electron chi connectivity index (χ3n) is 5.04. The van der Waals surface area contributed by atoms with Gasteiger partial charge in [0.25, 0.3) is 0 Å². The summed E-state index contributed by atoms with van der Waals surface area (Å²) in [5.41, 5.74) is 1.57. The molecule has 1 fully saturated rings. The molecule has 1 aliphatic heterocycles. The van der Waals surface area contributed by atoms with E-state index in [0.29, 0.717) is 6.61 Å². The highest BCUT2D eigenvalue weighted by Gasteiger charge is 2.35. The van der Waals surface area contributed by atoms with Gasteiger partial charge in [0.2, 0.25) is 0 Å². The molecule has 1 N–H and O–H groups in total. The molecule has 1 atom stereocenters. The van der Waals surface area contributed by atoms with Gasteiger partial charge in [0.15, 0.2) is 5.84 Å². The first-order chi connectivity index (χ1) is 15.2. The maximum Gasteiger partial charge on any atom is 0.419 e. The first-order valence-electron chi connectivity index (χ1n) is 10.7. The van der Waals surface area contributed by atoms with Gasteiger partial charge in [-0.05, 0) is 84.0 Å². The van der Waals surface area contributed by atoms with Gasteiger partial charge in [0, 0.05) is 11.6 Å². The number of nitrogens with zero attached hydrogens (tertiary/aromatic N) is 2. The quantitative estimate of drug-likeness (QED) is 0.208. The molecule has 0 aromatic heterocycles. The number of hydrogen-bond donors (Lipinski definition) is 1. The normalized spacial score (nSPS) is 17.2. The van der Waals surface area contributed by atoms with E-state index < -0.39 is 11.7 Å². The molecule has 0 radical (unpaired) electrons. The summed E-state index contributed by atoms with van der Waals surface area (Å²) in [6.45, 7) is 10.7. The zero-order valence-corrected chi connectivity index (χ0v) is 19.0. The standard InChI is InChI=1S/C24H32F3N3O2/c1-17(2)7-5-8-18(3)12-14-31-22-11-10-19(15-21(22)24(25,26)27)23(28-4)30-32-16-20-9-6-13-29-20/h7,10-12,15,20,29H,4-6,8-9,13-14,16H2,1-3H3/b18-12+,30-23-. The molecule has 0 spiro atoms. The Morgan fingerprint density at radius 3 is 2.66 bits per heavy atom. The number of hydrogen-bond acceptors (Lipinski definition) is 4. The molecule has 1 aromatic rings. The van der Waals surface area contributed by atoms with Gasteiger partial charge in [-0.3, -0.25) is 0 Å². The van der Waals surface area contributed by atoms with Gasteiger partial charge in [0.1, 0.15) is 19.0 Å². The van der Waals surface area contributed by atoms with Crippen LogP contribution in [0, 0.1) is 0 Å². The van der Waals surface area contributed by atoms with E-state index in [1.54, 1.807) is 6.08 Å². The van der Waals surface area contributed by atoms with E-state index >= 15 is 0 Å². The largest absolute Gasteiger partial charge is 0.489 e. The van der Waals surface area contributed by atoms with Crippen LogP contribution in [0.15, 0.2) is 51.6 Å². The van der Waals surface area contributed by atoms with Crippen LogP contribution in [-0.2, 0) is 11.0 Å². The van der Waals surface area contributed by atoms with E-state index in [-0.39, 0.29) is 29.8 Å². The summed E-state index contributed by atoms with van der Waals surface area (Å²) < 4.78 is 46.4. The van der Waals surface area contributed by atoms with Crippen LogP contribution in [0.4, 0.5) is 13.2 Å². The Morgan fingerprint density at radius 1 is 1.25 bits per heavy atom. The SMILES string of the molecule is C=N/C(=N\OCC1CCCN1)c1ccc(OC/C=C(\C)CCC=C(C)C)c(C(F)(F)F)c1. The molecule has 0 amide bonds. The highest BCUT2D eigenvalue weighted by Crippen LogP contribution is 2.37. The molecule has 2 rings (SSSR count). The first-order valence-corrected chi connectivity index (χ1v) is 10.7. The van der Waals surface area contributed by atoms with Gasteiger partial charge in [-0.1, -0.05) is 22.4 Å². The van der Waals surface area contributed by atoms with E-state index in [0.717, 1.165) is 43.9 Å². The van der Waals surface area contributed by atoms with Crippen LogP contribution in [0.25, 0.3) is 0 Å². The average molecular weight is 452 g/mol. The van der Waals surface area contributed by atoms with Crippen LogP contribution in [-0.4, -0.2) is 38.4 Å². The molecular formula is C24H32F3N3O2. The second kappa shape index (κ2) is 12.4. The number of halogens is 3. The van der Waals surface area contributed by atoms with Crippen molar-refractivity contribution < 1.29 is 22.7 Å². The van der Waals surface area contributed by atoms with E-state index in [1.807, 2.05) is 20.8 Å². The van der Waals surface area contributed by atoms with E-state index in [4.69, 9.17) is 9.57 Å². The molecular weight excluding hydrogens is 419 g/mol. The Hall–Kier alpha value is -2.61. The lowest BCUT2D eigenvalue weighted by Gasteiger charge is -2.15. The van der Waals surface area contributed by atoms with Crippen molar-refractivity contribution in [2.24, 2.45) is 10.1 Å². The summed E-state index contributed by atoms with van der Waals surface area (Å²) in [6, 6.07) is 3.90. The molecule has 0 aliphatic carbocycles. The molecule has 1 aliphatic rings. The van der Waals surface area contributed by atoms with E-state index in [9.17, 15) is 13.2 Å². The van der Waals surface area contributed by atoms with Crippen molar-refractivity contribution in [1.82, 2.24) is 5.32 Å². The topological polar surface area (TPSA) is 55.2 Å². The smallest absolute Gasteiger partial charge is 0.419 e. The molecule has 0 saturated carbocycles. The molecule has 32 heavy (non-hydrogen) atoms. The third-order valence-corrected chi connectivity index (χ3v) is 5.04. The Morgan fingerprint density at radius 2 is 2.03 bits per heavy atom. The van der Waals surface area contributed by atoms with Gasteiger partial charge in [-0.2, -0.15) is 13.2 Å². The van der Waals surface area contributed by atoms with Crippen LogP contribution in [0.1, 0.15) is 57.6 Å². The fraction of sp³-hybridized carbons (Fsp3) is 0.500. The van der Waals surface area contributed by atoms with Crippen LogP contribution in [0.5, 0.6) is 5.75 Å². The highest BCUT2D eigenvalue weighted by molar-refractivity contribution is 6.01. The van der Waals surface area contributed by atoms with Crippen LogP contribution >= 0.6 is 0 Å². The lowest BCUT2D eigenvalue weighted by Crippen LogP contribution is -2.26. The number of ether oxygens (including phenoxy) is 1.